The highest BCUT2D eigenvalue weighted by Gasteiger charge is 2.34. The number of nitrogens with zero attached hydrogens (tertiary/aromatic N) is 5. The van der Waals surface area contributed by atoms with E-state index < -0.39 is 12.0 Å². The molecule has 4 atom stereocenters. The summed E-state index contributed by atoms with van der Waals surface area (Å²) in [5.41, 5.74) is 2.94. The van der Waals surface area contributed by atoms with Crippen LogP contribution in [0.5, 0.6) is 5.75 Å². The largest absolute Gasteiger partial charge is 0.508 e. The zero-order valence-electron chi connectivity index (χ0n) is 21.9. The summed E-state index contributed by atoms with van der Waals surface area (Å²) in [7, 11) is 0. The third-order valence-electron chi connectivity index (χ3n) is 7.24. The summed E-state index contributed by atoms with van der Waals surface area (Å²) in [5.74, 6) is -0.122. The van der Waals surface area contributed by atoms with Crippen LogP contribution in [0.4, 0.5) is 0 Å². The molecule has 4 rings (SSSR count). The lowest BCUT2D eigenvalue weighted by Gasteiger charge is -2.47. The van der Waals surface area contributed by atoms with Gasteiger partial charge in [0.05, 0.1) is 6.04 Å². The van der Waals surface area contributed by atoms with Crippen LogP contribution in [0.25, 0.3) is 11.4 Å². The Labute approximate surface area is 218 Å². The molecule has 0 spiro atoms. The Bertz CT molecular complexity index is 1210. The van der Waals surface area contributed by atoms with E-state index in [-0.39, 0.29) is 17.8 Å². The molecule has 1 aromatic heterocycles. The predicted octanol–water partition coefficient (Wildman–Crippen LogP) is 4.75. The van der Waals surface area contributed by atoms with E-state index in [1.807, 2.05) is 37.3 Å². The summed E-state index contributed by atoms with van der Waals surface area (Å²) in [4.78, 5) is 21.2. The second-order valence-electron chi connectivity index (χ2n) is 9.93. The van der Waals surface area contributed by atoms with Crippen molar-refractivity contribution in [1.82, 2.24) is 24.6 Å². The van der Waals surface area contributed by atoms with Gasteiger partial charge in [0, 0.05) is 37.3 Å². The number of aromatic nitrogens is 3. The van der Waals surface area contributed by atoms with Crippen LogP contribution >= 0.6 is 0 Å². The van der Waals surface area contributed by atoms with Gasteiger partial charge in [0.1, 0.15) is 12.1 Å². The second-order valence-corrected chi connectivity index (χ2v) is 9.93. The van der Waals surface area contributed by atoms with Gasteiger partial charge in [-0.15, -0.1) is 6.58 Å². The summed E-state index contributed by atoms with van der Waals surface area (Å²) in [5, 5.41) is 24.2. The fourth-order valence-corrected chi connectivity index (χ4v) is 5.40. The first-order valence-corrected chi connectivity index (χ1v) is 13.0. The third kappa shape index (κ3) is 5.76. The Balaban J connectivity index is 1.69. The number of hydrogen-bond donors (Lipinski definition) is 2. The normalized spacial score (nSPS) is 20.4. The van der Waals surface area contributed by atoms with E-state index in [0.717, 1.165) is 42.7 Å². The predicted molar refractivity (Wildman–Crippen MR) is 144 cm³/mol. The van der Waals surface area contributed by atoms with E-state index in [1.165, 1.54) is 11.0 Å². The summed E-state index contributed by atoms with van der Waals surface area (Å²) in [6.07, 6.45) is 4.59. The van der Waals surface area contributed by atoms with Crippen molar-refractivity contribution in [1.29, 1.82) is 0 Å². The molecule has 0 bridgehead atoms. The van der Waals surface area contributed by atoms with Crippen molar-refractivity contribution in [3.8, 4) is 17.1 Å². The highest BCUT2D eigenvalue weighted by molar-refractivity contribution is 5.73. The first kappa shape index (κ1) is 26.6. The standard InChI is InChI=1S/C29H37N5O3/c1-5-8-26(29(36)37)34-28(30-19-31-34)23-13-11-22(12-14-23)27(24-9-7-10-25(35)16-24)33-18-20(3)32(15-6-2)17-21(33)4/h6-7,9-14,16,19-21,26-27,35H,2,5,8,15,17-18H2,1,3-4H3,(H,36,37). The van der Waals surface area contributed by atoms with Crippen LogP contribution in [0, 0.1) is 0 Å². The van der Waals surface area contributed by atoms with E-state index in [9.17, 15) is 15.0 Å². The van der Waals surface area contributed by atoms with Gasteiger partial charge >= 0.3 is 5.97 Å². The molecule has 196 valence electrons. The Hall–Kier alpha value is -3.49. The molecular formula is C29H37N5O3. The second kappa shape index (κ2) is 11.7. The fourth-order valence-electron chi connectivity index (χ4n) is 5.40. The molecule has 1 aliphatic heterocycles. The lowest BCUT2D eigenvalue weighted by molar-refractivity contribution is -0.141. The van der Waals surface area contributed by atoms with Crippen molar-refractivity contribution >= 4 is 5.97 Å². The first-order valence-electron chi connectivity index (χ1n) is 13.0. The average Bonchev–Trinajstić information content (AvgIpc) is 3.35. The van der Waals surface area contributed by atoms with Gasteiger partial charge in [-0.3, -0.25) is 9.80 Å². The summed E-state index contributed by atoms with van der Waals surface area (Å²) in [6.45, 7) is 13.0. The quantitative estimate of drug-likeness (QED) is 0.386. The molecule has 1 saturated heterocycles. The average molecular weight is 504 g/mol. The molecule has 2 heterocycles. The number of carbonyl (C=O) groups is 1. The molecule has 2 N–H and O–H groups in total. The van der Waals surface area contributed by atoms with Gasteiger partial charge in [0.15, 0.2) is 11.9 Å². The van der Waals surface area contributed by atoms with Gasteiger partial charge < -0.3 is 10.2 Å². The number of phenols is 1. The maximum absolute atomic E-state index is 11.9. The summed E-state index contributed by atoms with van der Waals surface area (Å²) in [6, 6.07) is 15.4. The fraction of sp³-hybridized carbons (Fsp3) is 0.414. The molecular weight excluding hydrogens is 466 g/mol. The SMILES string of the molecule is C=CCN1CC(C)N(C(c2ccc(-c3ncnn3C(CCC)C(=O)O)cc2)c2cccc(O)c2)CC1C. The molecule has 0 amide bonds. The number of aromatic hydroxyl groups is 1. The van der Waals surface area contributed by atoms with E-state index in [1.54, 1.807) is 6.07 Å². The van der Waals surface area contributed by atoms with Gasteiger partial charge in [-0.2, -0.15) is 5.10 Å². The van der Waals surface area contributed by atoms with Gasteiger partial charge in [0.25, 0.3) is 0 Å². The van der Waals surface area contributed by atoms with E-state index in [2.05, 4.69) is 58.5 Å². The molecule has 0 aliphatic carbocycles. The monoisotopic (exact) mass is 503 g/mol. The summed E-state index contributed by atoms with van der Waals surface area (Å²) < 4.78 is 1.51. The number of phenolic OH excluding ortho intramolecular Hbond substituents is 1. The molecule has 8 heteroatoms. The number of aliphatic carboxylic acids is 1. The van der Waals surface area contributed by atoms with Gasteiger partial charge in [0.2, 0.25) is 0 Å². The minimum absolute atomic E-state index is 0.0470. The topological polar surface area (TPSA) is 94.7 Å². The number of hydrogen-bond acceptors (Lipinski definition) is 6. The Morgan fingerprint density at radius 1 is 1.14 bits per heavy atom. The molecule has 8 nitrogen and oxygen atoms in total. The minimum Gasteiger partial charge on any atom is -0.508 e. The van der Waals surface area contributed by atoms with Crippen LogP contribution in [0.1, 0.15) is 56.8 Å². The van der Waals surface area contributed by atoms with Crippen molar-refractivity contribution < 1.29 is 15.0 Å². The van der Waals surface area contributed by atoms with E-state index in [0.29, 0.717) is 18.3 Å². The van der Waals surface area contributed by atoms with Crippen LogP contribution in [0.15, 0.2) is 67.5 Å². The smallest absolute Gasteiger partial charge is 0.328 e. The maximum atomic E-state index is 11.9. The molecule has 1 fully saturated rings. The molecule has 4 unspecified atom stereocenters. The number of benzene rings is 2. The lowest BCUT2D eigenvalue weighted by atomic mass is 9.92. The van der Waals surface area contributed by atoms with E-state index in [4.69, 9.17) is 0 Å². The van der Waals surface area contributed by atoms with E-state index >= 15 is 0 Å². The molecule has 2 aromatic carbocycles. The number of piperazine rings is 1. The molecule has 0 radical (unpaired) electrons. The highest BCUT2D eigenvalue weighted by Crippen LogP contribution is 2.35. The Kier molecular flexibility index (Phi) is 8.41. The third-order valence-corrected chi connectivity index (χ3v) is 7.24. The number of carboxylic acids is 1. The highest BCUT2D eigenvalue weighted by atomic mass is 16.4. The summed E-state index contributed by atoms with van der Waals surface area (Å²) >= 11 is 0. The van der Waals surface area contributed by atoms with Crippen molar-refractivity contribution in [2.45, 2.75) is 57.8 Å². The lowest BCUT2D eigenvalue weighted by Crippen LogP contribution is -2.57. The van der Waals surface area contributed by atoms with Crippen molar-refractivity contribution in [3.63, 3.8) is 0 Å². The van der Waals surface area contributed by atoms with Crippen LogP contribution in [0.2, 0.25) is 0 Å². The number of rotatable bonds is 10. The Morgan fingerprint density at radius 2 is 1.89 bits per heavy atom. The number of carboxylic acid groups (broad SMARTS) is 1. The molecule has 1 aliphatic rings. The van der Waals surface area contributed by atoms with Crippen molar-refractivity contribution in [2.75, 3.05) is 19.6 Å². The van der Waals surface area contributed by atoms with Crippen molar-refractivity contribution in [3.05, 3.63) is 78.6 Å². The van der Waals surface area contributed by atoms with Gasteiger partial charge in [-0.1, -0.05) is 55.8 Å². The van der Waals surface area contributed by atoms with Crippen LogP contribution in [0.3, 0.4) is 0 Å². The zero-order valence-corrected chi connectivity index (χ0v) is 21.9. The molecule has 0 saturated carbocycles. The minimum atomic E-state index is -0.909. The van der Waals surface area contributed by atoms with Crippen molar-refractivity contribution in [2.24, 2.45) is 0 Å². The zero-order chi connectivity index (χ0) is 26.5. The van der Waals surface area contributed by atoms with Gasteiger partial charge in [-0.25, -0.2) is 14.5 Å². The molecule has 37 heavy (non-hydrogen) atoms. The molecule has 3 aromatic rings. The first-order chi connectivity index (χ1) is 17.8. The van der Waals surface area contributed by atoms with Gasteiger partial charge in [-0.05, 0) is 43.5 Å². The van der Waals surface area contributed by atoms with Crippen LogP contribution < -0.4 is 0 Å². The van der Waals surface area contributed by atoms with Crippen LogP contribution in [-0.2, 0) is 4.79 Å². The maximum Gasteiger partial charge on any atom is 0.328 e. The van der Waals surface area contributed by atoms with Crippen LogP contribution in [-0.4, -0.2) is 72.5 Å². The Morgan fingerprint density at radius 3 is 2.54 bits per heavy atom.